The van der Waals surface area contributed by atoms with Crippen LogP contribution < -0.4 is 10.6 Å². The van der Waals surface area contributed by atoms with Gasteiger partial charge in [-0.2, -0.15) is 0 Å². The molecule has 3 amide bonds. The fourth-order valence-corrected chi connectivity index (χ4v) is 2.79. The molecule has 2 rings (SSSR count). The molecule has 25 heavy (non-hydrogen) atoms. The van der Waals surface area contributed by atoms with Crippen molar-refractivity contribution in [3.63, 3.8) is 0 Å². The molecule has 0 unspecified atom stereocenters. The molecule has 0 saturated carbocycles. The molecule has 0 aromatic heterocycles. The van der Waals surface area contributed by atoms with Gasteiger partial charge in [-0.25, -0.2) is 9.59 Å². The summed E-state index contributed by atoms with van der Waals surface area (Å²) >= 11 is 0. The van der Waals surface area contributed by atoms with Gasteiger partial charge < -0.3 is 20.6 Å². The number of piperidine rings is 1. The minimum absolute atomic E-state index is 0.0147. The first-order valence-electron chi connectivity index (χ1n) is 8.64. The van der Waals surface area contributed by atoms with Gasteiger partial charge in [0.1, 0.15) is 0 Å². The molecule has 0 radical (unpaired) electrons. The summed E-state index contributed by atoms with van der Waals surface area (Å²) in [5.74, 6) is -0.902. The van der Waals surface area contributed by atoms with Crippen LogP contribution in [0.2, 0.25) is 0 Å². The number of likely N-dealkylation sites (tertiary alicyclic amines) is 1. The molecule has 3 N–H and O–H groups in total. The van der Waals surface area contributed by atoms with E-state index in [0.29, 0.717) is 39.0 Å². The van der Waals surface area contributed by atoms with Crippen LogP contribution in [0.15, 0.2) is 24.3 Å². The minimum Gasteiger partial charge on any atom is -0.478 e. The summed E-state index contributed by atoms with van der Waals surface area (Å²) in [7, 11) is 0. The molecule has 1 heterocycles. The lowest BCUT2D eigenvalue weighted by Gasteiger charge is -2.31. The van der Waals surface area contributed by atoms with Crippen molar-refractivity contribution in [2.45, 2.75) is 32.7 Å². The number of nitrogens with zero attached hydrogens (tertiary/aromatic N) is 1. The topological polar surface area (TPSA) is 98.7 Å². The number of carboxylic acid groups (broad SMARTS) is 1. The first-order valence-corrected chi connectivity index (χ1v) is 8.64. The monoisotopic (exact) mass is 347 g/mol. The Bertz CT molecular complexity index is 607. The van der Waals surface area contributed by atoms with Gasteiger partial charge >= 0.3 is 12.0 Å². The number of aromatic carboxylic acids is 1. The van der Waals surface area contributed by atoms with Crippen LogP contribution in [0, 0.1) is 5.92 Å². The van der Waals surface area contributed by atoms with Crippen molar-refractivity contribution >= 4 is 17.9 Å². The first kappa shape index (κ1) is 18.8. The number of hydrogen-bond acceptors (Lipinski definition) is 3. The molecule has 7 nitrogen and oxygen atoms in total. The summed E-state index contributed by atoms with van der Waals surface area (Å²) in [6, 6.07) is 6.26. The maximum absolute atomic E-state index is 12.2. The number of nitrogens with one attached hydrogen (secondary N) is 2. The molecule has 0 bridgehead atoms. The Morgan fingerprint density at radius 1 is 1.12 bits per heavy atom. The van der Waals surface area contributed by atoms with Crippen LogP contribution in [-0.4, -0.2) is 47.5 Å². The van der Waals surface area contributed by atoms with Crippen molar-refractivity contribution in [1.82, 2.24) is 15.5 Å². The van der Waals surface area contributed by atoms with Crippen molar-refractivity contribution in [2.24, 2.45) is 5.92 Å². The quantitative estimate of drug-likeness (QED) is 0.731. The number of carbonyl (C=O) groups is 3. The predicted octanol–water partition coefficient (Wildman–Crippen LogP) is 1.83. The molecular weight excluding hydrogens is 322 g/mol. The molecule has 1 fully saturated rings. The van der Waals surface area contributed by atoms with Crippen molar-refractivity contribution in [2.75, 3.05) is 19.6 Å². The van der Waals surface area contributed by atoms with Crippen molar-refractivity contribution < 1.29 is 19.5 Å². The summed E-state index contributed by atoms with van der Waals surface area (Å²) in [6.45, 7) is 4.18. The van der Waals surface area contributed by atoms with Crippen molar-refractivity contribution in [3.05, 3.63) is 35.4 Å². The van der Waals surface area contributed by atoms with E-state index in [2.05, 4.69) is 10.6 Å². The summed E-state index contributed by atoms with van der Waals surface area (Å²) < 4.78 is 0. The molecule has 1 aromatic rings. The van der Waals surface area contributed by atoms with E-state index in [1.165, 1.54) is 12.1 Å². The Kier molecular flexibility index (Phi) is 6.80. The van der Waals surface area contributed by atoms with Crippen molar-refractivity contribution in [1.29, 1.82) is 0 Å². The van der Waals surface area contributed by atoms with E-state index < -0.39 is 5.97 Å². The average Bonchev–Trinajstić information content (AvgIpc) is 2.64. The van der Waals surface area contributed by atoms with Gasteiger partial charge in [0, 0.05) is 32.1 Å². The van der Waals surface area contributed by atoms with Crippen LogP contribution in [0.3, 0.4) is 0 Å². The molecule has 0 aliphatic carbocycles. The third-order valence-corrected chi connectivity index (χ3v) is 4.35. The summed E-state index contributed by atoms with van der Waals surface area (Å²) in [5.41, 5.74) is 1.06. The highest BCUT2D eigenvalue weighted by Gasteiger charge is 2.26. The largest absolute Gasteiger partial charge is 0.478 e. The SMILES string of the molecule is CCCNC(=O)C1CCN(C(=O)NCc2ccc(C(=O)O)cc2)CC1. The maximum Gasteiger partial charge on any atom is 0.335 e. The molecule has 1 aliphatic heterocycles. The Morgan fingerprint density at radius 3 is 2.32 bits per heavy atom. The van der Waals surface area contributed by atoms with E-state index in [1.54, 1.807) is 17.0 Å². The lowest BCUT2D eigenvalue weighted by atomic mass is 9.96. The summed E-state index contributed by atoms with van der Waals surface area (Å²) in [4.78, 5) is 36.7. The second-order valence-corrected chi connectivity index (χ2v) is 6.21. The average molecular weight is 347 g/mol. The molecule has 7 heteroatoms. The zero-order chi connectivity index (χ0) is 18.2. The molecule has 1 saturated heterocycles. The summed E-state index contributed by atoms with van der Waals surface area (Å²) in [6.07, 6.45) is 2.27. The molecular formula is C18H25N3O4. The molecule has 1 aliphatic rings. The number of carbonyl (C=O) groups excluding carboxylic acids is 2. The van der Waals surface area contributed by atoms with Gasteiger partial charge in [-0.15, -0.1) is 0 Å². The van der Waals surface area contributed by atoms with Crippen LogP contribution in [0.4, 0.5) is 4.79 Å². The number of urea groups is 1. The lowest BCUT2D eigenvalue weighted by Crippen LogP contribution is -2.46. The van der Waals surface area contributed by atoms with Gasteiger partial charge in [0.25, 0.3) is 0 Å². The highest BCUT2D eigenvalue weighted by Crippen LogP contribution is 2.17. The van der Waals surface area contributed by atoms with Gasteiger partial charge in [0.05, 0.1) is 5.56 Å². The number of benzene rings is 1. The van der Waals surface area contributed by atoms with E-state index in [0.717, 1.165) is 12.0 Å². The Morgan fingerprint density at radius 2 is 1.76 bits per heavy atom. The smallest absolute Gasteiger partial charge is 0.335 e. The van der Waals surface area contributed by atoms with Crippen LogP contribution in [0.1, 0.15) is 42.1 Å². The van der Waals surface area contributed by atoms with E-state index >= 15 is 0 Å². The molecule has 136 valence electrons. The van der Waals surface area contributed by atoms with Gasteiger partial charge in [0.15, 0.2) is 0 Å². The minimum atomic E-state index is -0.971. The van der Waals surface area contributed by atoms with Gasteiger partial charge in [0.2, 0.25) is 5.91 Å². The maximum atomic E-state index is 12.2. The highest BCUT2D eigenvalue weighted by molar-refractivity contribution is 5.87. The van der Waals surface area contributed by atoms with E-state index in [1.807, 2.05) is 6.92 Å². The molecule has 0 atom stereocenters. The van der Waals surface area contributed by atoms with Gasteiger partial charge in [-0.3, -0.25) is 4.79 Å². The highest BCUT2D eigenvalue weighted by atomic mass is 16.4. The van der Waals surface area contributed by atoms with E-state index in [9.17, 15) is 14.4 Å². The van der Waals surface area contributed by atoms with Crippen LogP contribution in [0.5, 0.6) is 0 Å². The zero-order valence-electron chi connectivity index (χ0n) is 14.5. The van der Waals surface area contributed by atoms with Gasteiger partial charge in [-0.1, -0.05) is 19.1 Å². The number of hydrogen-bond donors (Lipinski definition) is 3. The Hall–Kier alpha value is -2.57. The fourth-order valence-electron chi connectivity index (χ4n) is 2.79. The second kappa shape index (κ2) is 9.05. The molecule has 0 spiro atoms. The summed E-state index contributed by atoms with van der Waals surface area (Å²) in [5, 5.41) is 14.6. The van der Waals surface area contributed by atoms with E-state index in [-0.39, 0.29) is 23.4 Å². The third-order valence-electron chi connectivity index (χ3n) is 4.35. The number of rotatable bonds is 6. The normalized spacial score (nSPS) is 14.8. The lowest BCUT2D eigenvalue weighted by molar-refractivity contribution is -0.126. The predicted molar refractivity (Wildman–Crippen MR) is 93.2 cm³/mol. The zero-order valence-corrected chi connectivity index (χ0v) is 14.5. The molecule has 1 aromatic carbocycles. The van der Waals surface area contributed by atoms with Crippen LogP contribution in [0.25, 0.3) is 0 Å². The standard InChI is InChI=1S/C18H25N3O4/c1-2-9-19-16(22)14-7-10-21(11-8-14)18(25)20-12-13-3-5-15(6-4-13)17(23)24/h3-6,14H,2,7-12H2,1H3,(H,19,22)(H,20,25)(H,23,24). The van der Waals surface area contributed by atoms with Gasteiger partial charge in [-0.05, 0) is 37.0 Å². The van der Waals surface area contributed by atoms with Crippen LogP contribution >= 0.6 is 0 Å². The Balaban J connectivity index is 1.75. The first-order chi connectivity index (χ1) is 12.0. The fraction of sp³-hybridized carbons (Fsp3) is 0.500. The third kappa shape index (κ3) is 5.48. The van der Waals surface area contributed by atoms with Crippen molar-refractivity contribution in [3.8, 4) is 0 Å². The van der Waals surface area contributed by atoms with E-state index in [4.69, 9.17) is 5.11 Å². The van der Waals surface area contributed by atoms with Crippen LogP contribution in [-0.2, 0) is 11.3 Å². The number of amides is 3. The number of carboxylic acids is 1. The Labute approximate surface area is 147 Å². The second-order valence-electron chi connectivity index (χ2n) is 6.21.